The fraction of sp³-hybridized carbons (Fsp3) is 0.368. The van der Waals surface area contributed by atoms with Gasteiger partial charge in [-0.05, 0) is 87.4 Å². The van der Waals surface area contributed by atoms with Crippen LogP contribution in [0.5, 0.6) is 0 Å². The highest BCUT2D eigenvalue weighted by atomic mass is 19.2. The average Bonchev–Trinajstić information content (AvgIpc) is 2.45. The Kier molecular flexibility index (Phi) is 5.65. The lowest BCUT2D eigenvalue weighted by atomic mass is 9.96. The van der Waals surface area contributed by atoms with Crippen LogP contribution in [0.15, 0.2) is 18.2 Å². The predicted octanol–water partition coefficient (Wildman–Crippen LogP) is 5.81. The Bertz CT molecular complexity index is 602. The second-order valence-corrected chi connectivity index (χ2v) is 5.71. The monoisotopic (exact) mass is 290 g/mol. The molecule has 21 heavy (non-hydrogen) atoms. The first-order valence-electron chi connectivity index (χ1n) is 7.12. The van der Waals surface area contributed by atoms with Crippen molar-refractivity contribution in [1.82, 2.24) is 0 Å². The normalized spacial score (nSPS) is 10.1. The summed E-state index contributed by atoms with van der Waals surface area (Å²) in [5.74, 6) is -1.47. The Labute approximate surface area is 126 Å². The zero-order valence-electron chi connectivity index (χ0n) is 14.0. The third-order valence-corrected chi connectivity index (χ3v) is 4.21. The summed E-state index contributed by atoms with van der Waals surface area (Å²) >= 11 is 0. The molecule has 0 aliphatic carbocycles. The maximum Gasteiger partial charge on any atom is 0.161 e. The molecule has 0 saturated heterocycles. The van der Waals surface area contributed by atoms with Crippen molar-refractivity contribution in [1.29, 1.82) is 0 Å². The summed E-state index contributed by atoms with van der Waals surface area (Å²) in [5, 5.41) is 0. The summed E-state index contributed by atoms with van der Waals surface area (Å²) in [6, 6.07) is 5.39. The van der Waals surface area contributed by atoms with Crippen molar-refractivity contribution in [2.75, 3.05) is 0 Å². The molecule has 2 heteroatoms. The van der Waals surface area contributed by atoms with E-state index < -0.39 is 11.6 Å². The zero-order valence-corrected chi connectivity index (χ0v) is 14.0. The summed E-state index contributed by atoms with van der Waals surface area (Å²) < 4.78 is 25.2. The van der Waals surface area contributed by atoms with Gasteiger partial charge >= 0.3 is 0 Å². The molecule has 0 radical (unpaired) electrons. The summed E-state index contributed by atoms with van der Waals surface area (Å²) in [6.07, 6.45) is 0. The Morgan fingerprint density at radius 2 is 0.857 bits per heavy atom. The molecule has 0 amide bonds. The molecular weight excluding hydrogens is 266 g/mol. The average molecular weight is 290 g/mol. The summed E-state index contributed by atoms with van der Waals surface area (Å²) in [5.41, 5.74) is 7.84. The minimum Gasteiger partial charge on any atom is -0.203 e. The van der Waals surface area contributed by atoms with E-state index >= 15 is 0 Å². The van der Waals surface area contributed by atoms with Crippen molar-refractivity contribution >= 4 is 0 Å². The van der Waals surface area contributed by atoms with Gasteiger partial charge in [0.2, 0.25) is 0 Å². The third kappa shape index (κ3) is 3.90. The van der Waals surface area contributed by atoms with Gasteiger partial charge in [0.1, 0.15) is 0 Å². The molecule has 0 spiro atoms. The standard InChI is InChI=1S/C11H16.C8H8F2/c1-7-6-8(2)10(4)11(5)9(7)3;1-5-3-4-6(2)8(10)7(5)9/h6H,1-5H3;3-4H,1-2H3. The van der Waals surface area contributed by atoms with Crippen LogP contribution in [-0.2, 0) is 0 Å². The molecule has 0 heterocycles. The summed E-state index contributed by atoms with van der Waals surface area (Å²) in [6.45, 7) is 14.0. The third-order valence-electron chi connectivity index (χ3n) is 4.21. The Hall–Kier alpha value is -1.70. The van der Waals surface area contributed by atoms with Gasteiger partial charge in [-0.1, -0.05) is 18.2 Å². The van der Waals surface area contributed by atoms with Crippen LogP contribution in [0.2, 0.25) is 0 Å². The van der Waals surface area contributed by atoms with Crippen molar-refractivity contribution < 1.29 is 8.78 Å². The Balaban J connectivity index is 0.000000211. The molecule has 2 aromatic carbocycles. The maximum absolute atomic E-state index is 12.6. The summed E-state index contributed by atoms with van der Waals surface area (Å²) in [7, 11) is 0. The smallest absolute Gasteiger partial charge is 0.161 e. The van der Waals surface area contributed by atoms with Gasteiger partial charge in [0, 0.05) is 0 Å². The van der Waals surface area contributed by atoms with Gasteiger partial charge in [-0.15, -0.1) is 0 Å². The Morgan fingerprint density at radius 1 is 0.524 bits per heavy atom. The molecule has 2 rings (SSSR count). The lowest BCUT2D eigenvalue weighted by Gasteiger charge is -2.10. The number of hydrogen-bond donors (Lipinski definition) is 0. The van der Waals surface area contributed by atoms with Crippen molar-refractivity contribution in [3.8, 4) is 0 Å². The van der Waals surface area contributed by atoms with E-state index in [0.29, 0.717) is 11.1 Å². The molecule has 114 valence electrons. The lowest BCUT2D eigenvalue weighted by Crippen LogP contribution is -1.93. The minimum atomic E-state index is -0.736. The van der Waals surface area contributed by atoms with E-state index in [1.165, 1.54) is 41.7 Å². The van der Waals surface area contributed by atoms with Crippen LogP contribution >= 0.6 is 0 Å². The topological polar surface area (TPSA) is 0 Å². The molecular formula is C19H24F2. The van der Waals surface area contributed by atoms with E-state index in [1.807, 2.05) is 0 Å². The highest BCUT2D eigenvalue weighted by Gasteiger charge is 2.06. The van der Waals surface area contributed by atoms with E-state index in [-0.39, 0.29) is 0 Å². The maximum atomic E-state index is 12.6. The van der Waals surface area contributed by atoms with E-state index in [4.69, 9.17) is 0 Å². The zero-order chi connectivity index (χ0) is 16.3. The van der Waals surface area contributed by atoms with Crippen molar-refractivity contribution in [2.24, 2.45) is 0 Å². The first-order chi connectivity index (χ1) is 9.66. The molecule has 0 aliphatic heterocycles. The first-order valence-corrected chi connectivity index (χ1v) is 7.12. The minimum absolute atomic E-state index is 0.350. The lowest BCUT2D eigenvalue weighted by molar-refractivity contribution is 0.497. The quantitative estimate of drug-likeness (QED) is 0.574. The van der Waals surface area contributed by atoms with Gasteiger partial charge in [-0.25, -0.2) is 8.78 Å². The number of benzene rings is 2. The second kappa shape index (κ2) is 6.84. The second-order valence-electron chi connectivity index (χ2n) is 5.71. The SMILES string of the molecule is Cc1cc(C)c(C)c(C)c1C.Cc1ccc(C)c(F)c1F. The largest absolute Gasteiger partial charge is 0.203 e. The van der Waals surface area contributed by atoms with E-state index in [1.54, 1.807) is 12.1 Å². The van der Waals surface area contributed by atoms with Gasteiger partial charge < -0.3 is 0 Å². The molecule has 0 saturated carbocycles. The van der Waals surface area contributed by atoms with Gasteiger partial charge in [-0.3, -0.25) is 0 Å². The number of hydrogen-bond acceptors (Lipinski definition) is 0. The van der Waals surface area contributed by atoms with E-state index in [9.17, 15) is 8.78 Å². The molecule has 0 aromatic heterocycles. The molecule has 0 unspecified atom stereocenters. The first kappa shape index (κ1) is 17.4. The fourth-order valence-corrected chi connectivity index (χ4v) is 2.16. The van der Waals surface area contributed by atoms with Crippen LogP contribution in [0.4, 0.5) is 8.78 Å². The van der Waals surface area contributed by atoms with Crippen molar-refractivity contribution in [2.45, 2.75) is 48.5 Å². The van der Waals surface area contributed by atoms with Crippen LogP contribution in [0.25, 0.3) is 0 Å². The Morgan fingerprint density at radius 3 is 1.19 bits per heavy atom. The van der Waals surface area contributed by atoms with Gasteiger partial charge in [0.05, 0.1) is 0 Å². The highest BCUT2D eigenvalue weighted by Crippen LogP contribution is 2.19. The molecule has 0 nitrogen and oxygen atoms in total. The summed E-state index contributed by atoms with van der Waals surface area (Å²) in [4.78, 5) is 0. The fourth-order valence-electron chi connectivity index (χ4n) is 2.16. The van der Waals surface area contributed by atoms with Crippen LogP contribution < -0.4 is 0 Å². The van der Waals surface area contributed by atoms with Crippen molar-refractivity contribution in [3.05, 3.63) is 68.8 Å². The molecule has 0 fully saturated rings. The number of halogens is 2. The molecule has 0 N–H and O–H groups in total. The van der Waals surface area contributed by atoms with Crippen molar-refractivity contribution in [3.63, 3.8) is 0 Å². The van der Waals surface area contributed by atoms with Crippen LogP contribution in [-0.4, -0.2) is 0 Å². The highest BCUT2D eigenvalue weighted by molar-refractivity contribution is 5.42. The van der Waals surface area contributed by atoms with Crippen LogP contribution in [0.1, 0.15) is 38.9 Å². The van der Waals surface area contributed by atoms with Crippen LogP contribution in [0, 0.1) is 60.1 Å². The van der Waals surface area contributed by atoms with E-state index in [0.717, 1.165) is 0 Å². The molecule has 2 aromatic rings. The van der Waals surface area contributed by atoms with Gasteiger partial charge in [0.25, 0.3) is 0 Å². The molecule has 0 atom stereocenters. The molecule has 0 bridgehead atoms. The van der Waals surface area contributed by atoms with Gasteiger partial charge in [-0.2, -0.15) is 0 Å². The number of aryl methyl sites for hydroxylation is 4. The van der Waals surface area contributed by atoms with E-state index in [2.05, 4.69) is 40.7 Å². The predicted molar refractivity (Wildman–Crippen MR) is 86.0 cm³/mol. The number of rotatable bonds is 0. The van der Waals surface area contributed by atoms with Crippen LogP contribution in [0.3, 0.4) is 0 Å². The molecule has 0 aliphatic rings. The van der Waals surface area contributed by atoms with Gasteiger partial charge in [0.15, 0.2) is 11.6 Å².